The molecule has 0 aromatic heterocycles. The predicted octanol–water partition coefficient (Wildman–Crippen LogP) is 1.43. The molecular weight excluding hydrogens is 271 g/mol. The summed E-state index contributed by atoms with van der Waals surface area (Å²) in [6.07, 6.45) is 3.21. The molecule has 1 aliphatic carbocycles. The number of rotatable bonds is 4. The van der Waals surface area contributed by atoms with Crippen molar-refractivity contribution in [3.63, 3.8) is 0 Å². The van der Waals surface area contributed by atoms with Gasteiger partial charge in [-0.1, -0.05) is 19.3 Å². The van der Waals surface area contributed by atoms with Crippen LogP contribution in [0.3, 0.4) is 0 Å². The minimum Gasteiger partial charge on any atom is -0.282 e. The van der Waals surface area contributed by atoms with Crippen molar-refractivity contribution < 1.29 is 25.8 Å². The Balaban J connectivity index is 3.06. The minimum atomic E-state index is -4.64. The fourth-order valence-electron chi connectivity index (χ4n) is 1.93. The zero-order chi connectivity index (χ0) is 13.1. The molecule has 0 aliphatic heterocycles. The molecule has 0 amide bonds. The van der Waals surface area contributed by atoms with Gasteiger partial charge in [0.15, 0.2) is 9.84 Å². The van der Waals surface area contributed by atoms with E-state index in [1.165, 1.54) is 0 Å². The average molecular weight is 286 g/mol. The van der Waals surface area contributed by atoms with E-state index in [4.69, 9.17) is 4.55 Å². The van der Waals surface area contributed by atoms with E-state index < -0.39 is 36.8 Å². The monoisotopic (exact) mass is 286 g/mol. The molecule has 0 aromatic rings. The lowest BCUT2D eigenvalue weighted by atomic mass is 10.0. The maximum absolute atomic E-state index is 12.6. The number of allylic oxidation sites excluding steroid dienone is 1. The lowest BCUT2D eigenvalue weighted by Gasteiger charge is -2.22. The van der Waals surface area contributed by atoms with Gasteiger partial charge in [0.2, 0.25) is 0 Å². The fraction of sp³-hybridized carbons (Fsp3) is 0.778. The van der Waals surface area contributed by atoms with Crippen LogP contribution in [0.15, 0.2) is 10.3 Å². The van der Waals surface area contributed by atoms with Crippen LogP contribution in [0.2, 0.25) is 0 Å². The van der Waals surface area contributed by atoms with E-state index >= 15 is 0 Å². The Hall–Kier alpha value is -0.470. The zero-order valence-electron chi connectivity index (χ0n) is 9.17. The smallest absolute Gasteiger partial charge is 0.282 e. The third kappa shape index (κ3) is 4.04. The average Bonchev–Trinajstić information content (AvgIpc) is 2.25. The van der Waals surface area contributed by atoms with Crippen LogP contribution in [-0.4, -0.2) is 33.3 Å². The van der Waals surface area contributed by atoms with Gasteiger partial charge in [-0.3, -0.25) is 4.55 Å². The summed E-state index contributed by atoms with van der Waals surface area (Å²) in [5, 5.41) is -0.642. The van der Waals surface area contributed by atoms with Gasteiger partial charge in [-0.15, -0.1) is 0 Å². The second kappa shape index (κ2) is 5.45. The molecule has 0 saturated heterocycles. The summed E-state index contributed by atoms with van der Waals surface area (Å²) in [5.41, 5.74) is 0. The second-order valence-corrected chi connectivity index (χ2v) is 7.58. The van der Waals surface area contributed by atoms with E-state index in [2.05, 4.69) is 0 Å². The third-order valence-corrected chi connectivity index (χ3v) is 5.81. The molecule has 1 rings (SSSR count). The van der Waals surface area contributed by atoms with Crippen molar-refractivity contribution in [2.45, 2.75) is 37.4 Å². The van der Waals surface area contributed by atoms with Crippen molar-refractivity contribution >= 4 is 20.0 Å². The first-order valence-corrected chi connectivity index (χ1v) is 8.30. The Morgan fingerprint density at radius 3 is 2.12 bits per heavy atom. The molecule has 1 saturated carbocycles. The van der Waals surface area contributed by atoms with Gasteiger partial charge < -0.3 is 0 Å². The van der Waals surface area contributed by atoms with Crippen molar-refractivity contribution in [2.75, 3.05) is 6.67 Å². The van der Waals surface area contributed by atoms with Crippen LogP contribution < -0.4 is 0 Å². The number of sulfone groups is 1. The van der Waals surface area contributed by atoms with E-state index in [9.17, 15) is 21.2 Å². The lowest BCUT2D eigenvalue weighted by molar-refractivity contribution is 0.479. The van der Waals surface area contributed by atoms with Gasteiger partial charge in [0.1, 0.15) is 6.67 Å². The highest BCUT2D eigenvalue weighted by molar-refractivity contribution is 7.97. The standard InChI is InChI=1S/C9H15FO5S2/c10-6-9(7-16(11,12)13)17(14,15)8-4-2-1-3-5-8/h7-8H,1-6H2,(H,11,12,13). The minimum absolute atomic E-state index is 0.0942. The van der Waals surface area contributed by atoms with E-state index in [1.807, 2.05) is 0 Å². The first kappa shape index (κ1) is 14.6. The Bertz CT molecular complexity index is 485. The normalized spacial score (nSPS) is 20.5. The highest BCUT2D eigenvalue weighted by Crippen LogP contribution is 2.28. The van der Waals surface area contributed by atoms with Gasteiger partial charge in [0, 0.05) is 0 Å². The summed E-state index contributed by atoms with van der Waals surface area (Å²) in [6, 6.07) is 0. The zero-order valence-corrected chi connectivity index (χ0v) is 10.8. The maximum atomic E-state index is 12.6. The van der Waals surface area contributed by atoms with Crippen molar-refractivity contribution in [3.05, 3.63) is 10.3 Å². The SMILES string of the molecule is O=S(=O)(O)C=C(CF)S(=O)(=O)C1CCCCC1. The first-order valence-electron chi connectivity index (χ1n) is 5.25. The molecule has 17 heavy (non-hydrogen) atoms. The molecule has 8 heteroatoms. The van der Waals surface area contributed by atoms with Gasteiger partial charge in [-0.05, 0) is 12.8 Å². The fourth-order valence-corrected chi connectivity index (χ4v) is 4.76. The second-order valence-electron chi connectivity index (χ2n) is 4.04. The van der Waals surface area contributed by atoms with Gasteiger partial charge in [0.05, 0.1) is 15.6 Å². The topological polar surface area (TPSA) is 88.5 Å². The molecule has 100 valence electrons. The first-order chi connectivity index (χ1) is 7.77. The Morgan fingerprint density at radius 2 is 1.71 bits per heavy atom. The molecular formula is C9H15FO5S2. The Labute approximate surface area is 100 Å². The van der Waals surface area contributed by atoms with E-state index in [0.717, 1.165) is 19.3 Å². The van der Waals surface area contributed by atoms with Crippen LogP contribution in [0, 0.1) is 0 Å². The van der Waals surface area contributed by atoms with Gasteiger partial charge in [-0.25, -0.2) is 12.8 Å². The Kier molecular flexibility index (Phi) is 4.68. The third-order valence-electron chi connectivity index (χ3n) is 2.77. The summed E-state index contributed by atoms with van der Waals surface area (Å²) < 4.78 is 66.1. The molecule has 1 aliphatic rings. The number of alkyl halides is 1. The molecule has 0 aromatic carbocycles. The van der Waals surface area contributed by atoms with Crippen LogP contribution in [0.5, 0.6) is 0 Å². The van der Waals surface area contributed by atoms with Gasteiger partial charge >= 0.3 is 0 Å². The summed E-state index contributed by atoms with van der Waals surface area (Å²) in [6.45, 7) is -1.42. The van der Waals surface area contributed by atoms with Crippen molar-refractivity contribution in [1.82, 2.24) is 0 Å². The molecule has 0 heterocycles. The summed E-state index contributed by atoms with van der Waals surface area (Å²) >= 11 is 0. The quantitative estimate of drug-likeness (QED) is 0.790. The van der Waals surface area contributed by atoms with E-state index in [0.29, 0.717) is 12.8 Å². The molecule has 1 N–H and O–H groups in total. The number of hydrogen-bond donors (Lipinski definition) is 1. The maximum Gasteiger partial charge on any atom is 0.288 e. The van der Waals surface area contributed by atoms with Crippen LogP contribution in [0.4, 0.5) is 4.39 Å². The van der Waals surface area contributed by atoms with Gasteiger partial charge in [0.25, 0.3) is 10.1 Å². The molecule has 0 spiro atoms. The summed E-state index contributed by atoms with van der Waals surface area (Å²) in [4.78, 5) is -0.855. The molecule has 0 atom stereocenters. The van der Waals surface area contributed by atoms with Gasteiger partial charge in [-0.2, -0.15) is 8.42 Å². The summed E-state index contributed by atoms with van der Waals surface area (Å²) in [7, 11) is -8.60. The molecule has 0 unspecified atom stereocenters. The van der Waals surface area contributed by atoms with Crippen LogP contribution >= 0.6 is 0 Å². The van der Waals surface area contributed by atoms with Crippen LogP contribution in [-0.2, 0) is 20.0 Å². The largest absolute Gasteiger partial charge is 0.288 e. The van der Waals surface area contributed by atoms with Crippen molar-refractivity contribution in [2.24, 2.45) is 0 Å². The van der Waals surface area contributed by atoms with Crippen LogP contribution in [0.1, 0.15) is 32.1 Å². The Morgan fingerprint density at radius 1 is 1.18 bits per heavy atom. The number of halogens is 1. The predicted molar refractivity (Wildman–Crippen MR) is 61.4 cm³/mol. The molecule has 1 fully saturated rings. The molecule has 0 radical (unpaired) electrons. The molecule has 5 nitrogen and oxygen atoms in total. The van der Waals surface area contributed by atoms with E-state index in [1.54, 1.807) is 0 Å². The number of hydrogen-bond acceptors (Lipinski definition) is 4. The van der Waals surface area contributed by atoms with E-state index in [-0.39, 0.29) is 5.41 Å². The van der Waals surface area contributed by atoms with Crippen LogP contribution in [0.25, 0.3) is 0 Å². The molecule has 0 bridgehead atoms. The summed E-state index contributed by atoms with van der Waals surface area (Å²) in [5.74, 6) is 0. The van der Waals surface area contributed by atoms with Crippen molar-refractivity contribution in [3.8, 4) is 0 Å². The lowest BCUT2D eigenvalue weighted by Crippen LogP contribution is -2.26. The van der Waals surface area contributed by atoms with Crippen molar-refractivity contribution in [1.29, 1.82) is 0 Å². The highest BCUT2D eigenvalue weighted by Gasteiger charge is 2.31. The highest BCUT2D eigenvalue weighted by atomic mass is 32.2.